The summed E-state index contributed by atoms with van der Waals surface area (Å²) in [6.07, 6.45) is 5.30. The summed E-state index contributed by atoms with van der Waals surface area (Å²) in [5.74, 6) is 1.63. The third-order valence-corrected chi connectivity index (χ3v) is 3.76. The Morgan fingerprint density at radius 3 is 2.67 bits per heavy atom. The molecule has 1 atom stereocenters. The molecule has 1 N–H and O–H groups in total. The Morgan fingerprint density at radius 1 is 1.21 bits per heavy atom. The zero-order chi connectivity index (χ0) is 16.9. The van der Waals surface area contributed by atoms with E-state index in [1.165, 1.54) is 0 Å². The molecule has 6 nitrogen and oxygen atoms in total. The van der Waals surface area contributed by atoms with Crippen LogP contribution in [-0.2, 0) is 7.05 Å². The van der Waals surface area contributed by atoms with Gasteiger partial charge < -0.3 is 14.6 Å². The molecular weight excluding hydrogens is 302 g/mol. The van der Waals surface area contributed by atoms with E-state index in [2.05, 4.69) is 15.3 Å². The first-order chi connectivity index (χ1) is 11.7. The number of nitrogens with zero attached hydrogens (tertiary/aromatic N) is 4. The first-order valence-corrected chi connectivity index (χ1v) is 7.45. The van der Waals surface area contributed by atoms with Crippen molar-refractivity contribution in [3.05, 3.63) is 72.1 Å². The van der Waals surface area contributed by atoms with E-state index in [1.807, 2.05) is 54.2 Å². The normalized spacial score (nSPS) is 11.5. The quantitative estimate of drug-likeness (QED) is 0.782. The fraction of sp³-hybridized carbons (Fsp3) is 0.167. The Balaban J connectivity index is 2.02. The number of hydrogen-bond donors (Lipinski definition) is 1. The van der Waals surface area contributed by atoms with Crippen molar-refractivity contribution in [1.29, 1.82) is 5.26 Å². The van der Waals surface area contributed by atoms with Crippen molar-refractivity contribution in [2.45, 2.75) is 6.04 Å². The molecule has 0 aliphatic rings. The van der Waals surface area contributed by atoms with Gasteiger partial charge in [0, 0.05) is 25.0 Å². The third-order valence-electron chi connectivity index (χ3n) is 3.76. The standard InChI is InChI=1S/C18H17N5O/c1-23-10-9-20-18(23)17(15-5-3-4-6-16(15)24-2)22-14-8-7-13(11-19)21-12-14/h3-10,12,17,22H,1-2H3. The minimum absolute atomic E-state index is 0.212. The van der Waals surface area contributed by atoms with Gasteiger partial charge in [0.1, 0.15) is 29.4 Å². The lowest BCUT2D eigenvalue weighted by atomic mass is 10.0. The van der Waals surface area contributed by atoms with Gasteiger partial charge in [-0.3, -0.25) is 0 Å². The first-order valence-electron chi connectivity index (χ1n) is 7.45. The predicted octanol–water partition coefficient (Wildman–Crippen LogP) is 2.90. The van der Waals surface area contributed by atoms with E-state index in [9.17, 15) is 0 Å². The third kappa shape index (κ3) is 3.06. The molecule has 0 aliphatic heterocycles. The molecule has 1 unspecified atom stereocenters. The van der Waals surface area contributed by atoms with Gasteiger partial charge in [-0.15, -0.1) is 0 Å². The number of rotatable bonds is 5. The molecule has 0 radical (unpaired) electrons. The zero-order valence-electron chi connectivity index (χ0n) is 13.5. The number of benzene rings is 1. The van der Waals surface area contributed by atoms with Crippen LogP contribution in [0.15, 0.2) is 55.0 Å². The fourth-order valence-electron chi connectivity index (χ4n) is 2.55. The van der Waals surface area contributed by atoms with Crippen molar-refractivity contribution >= 4 is 5.69 Å². The summed E-state index contributed by atoms with van der Waals surface area (Å²) in [6, 6.07) is 13.1. The first kappa shape index (κ1) is 15.6. The molecule has 2 heterocycles. The zero-order valence-corrected chi connectivity index (χ0v) is 13.5. The Bertz CT molecular complexity index is 864. The van der Waals surface area contributed by atoms with E-state index in [4.69, 9.17) is 10.00 Å². The number of nitrogens with one attached hydrogen (secondary N) is 1. The molecule has 6 heteroatoms. The van der Waals surface area contributed by atoms with E-state index in [0.29, 0.717) is 5.69 Å². The summed E-state index contributed by atoms with van der Waals surface area (Å²) < 4.78 is 7.46. The van der Waals surface area contributed by atoms with E-state index in [-0.39, 0.29) is 6.04 Å². The molecule has 24 heavy (non-hydrogen) atoms. The molecule has 3 aromatic rings. The number of para-hydroxylation sites is 1. The second kappa shape index (κ2) is 6.84. The van der Waals surface area contributed by atoms with Crippen molar-refractivity contribution in [2.75, 3.05) is 12.4 Å². The molecule has 0 spiro atoms. The number of imidazole rings is 1. The van der Waals surface area contributed by atoms with Gasteiger partial charge in [0.15, 0.2) is 0 Å². The van der Waals surface area contributed by atoms with E-state index in [0.717, 1.165) is 22.8 Å². The fourth-order valence-corrected chi connectivity index (χ4v) is 2.55. The summed E-state index contributed by atoms with van der Waals surface area (Å²) in [5, 5.41) is 12.3. The maximum Gasteiger partial charge on any atom is 0.140 e. The summed E-state index contributed by atoms with van der Waals surface area (Å²) in [7, 11) is 3.60. The molecule has 2 aromatic heterocycles. The highest BCUT2D eigenvalue weighted by atomic mass is 16.5. The Labute approximate surface area is 140 Å². The highest BCUT2D eigenvalue weighted by Gasteiger charge is 2.21. The maximum absolute atomic E-state index is 8.88. The van der Waals surface area contributed by atoms with Crippen LogP contribution in [0.5, 0.6) is 5.75 Å². The van der Waals surface area contributed by atoms with E-state index < -0.39 is 0 Å². The lowest BCUT2D eigenvalue weighted by Gasteiger charge is -2.22. The number of pyridine rings is 1. The number of ether oxygens (including phenoxy) is 1. The van der Waals surface area contributed by atoms with Crippen LogP contribution >= 0.6 is 0 Å². The second-order valence-electron chi connectivity index (χ2n) is 5.26. The van der Waals surface area contributed by atoms with Crippen molar-refractivity contribution in [3.8, 4) is 11.8 Å². The van der Waals surface area contributed by atoms with Crippen LogP contribution in [0.2, 0.25) is 0 Å². The summed E-state index contributed by atoms with van der Waals surface area (Å²) >= 11 is 0. The Kier molecular flexibility index (Phi) is 4.43. The van der Waals surface area contributed by atoms with Gasteiger partial charge in [-0.2, -0.15) is 5.26 Å². The average Bonchev–Trinajstić information content (AvgIpc) is 3.06. The highest BCUT2D eigenvalue weighted by Crippen LogP contribution is 2.31. The lowest BCUT2D eigenvalue weighted by molar-refractivity contribution is 0.408. The Hall–Kier alpha value is -3.33. The molecule has 3 rings (SSSR count). The maximum atomic E-state index is 8.88. The number of methoxy groups -OCH3 is 1. The second-order valence-corrected chi connectivity index (χ2v) is 5.26. The predicted molar refractivity (Wildman–Crippen MR) is 90.6 cm³/mol. The van der Waals surface area contributed by atoms with Crippen LogP contribution in [0.25, 0.3) is 0 Å². The highest BCUT2D eigenvalue weighted by molar-refractivity contribution is 5.50. The summed E-state index contributed by atoms with van der Waals surface area (Å²) in [6.45, 7) is 0. The van der Waals surface area contributed by atoms with Gasteiger partial charge in [0.2, 0.25) is 0 Å². The van der Waals surface area contributed by atoms with Gasteiger partial charge in [0.05, 0.1) is 19.0 Å². The largest absolute Gasteiger partial charge is 0.496 e. The van der Waals surface area contributed by atoms with Crippen LogP contribution in [0.3, 0.4) is 0 Å². The molecule has 0 aliphatic carbocycles. The average molecular weight is 319 g/mol. The van der Waals surface area contributed by atoms with Gasteiger partial charge in [-0.05, 0) is 18.2 Å². The topological polar surface area (TPSA) is 75.8 Å². The van der Waals surface area contributed by atoms with Crippen molar-refractivity contribution < 1.29 is 4.74 Å². The van der Waals surface area contributed by atoms with Crippen LogP contribution in [-0.4, -0.2) is 21.6 Å². The number of aryl methyl sites for hydroxylation is 1. The van der Waals surface area contributed by atoms with Crippen LogP contribution in [0, 0.1) is 11.3 Å². The smallest absolute Gasteiger partial charge is 0.140 e. The van der Waals surface area contributed by atoms with Crippen molar-refractivity contribution in [1.82, 2.24) is 14.5 Å². The van der Waals surface area contributed by atoms with Gasteiger partial charge in [0.25, 0.3) is 0 Å². The summed E-state index contributed by atoms with van der Waals surface area (Å²) in [4.78, 5) is 8.58. The van der Waals surface area contributed by atoms with Crippen molar-refractivity contribution in [3.63, 3.8) is 0 Å². The molecule has 0 bridgehead atoms. The molecule has 1 aromatic carbocycles. The van der Waals surface area contributed by atoms with Crippen molar-refractivity contribution in [2.24, 2.45) is 7.05 Å². The minimum Gasteiger partial charge on any atom is -0.496 e. The van der Waals surface area contributed by atoms with E-state index >= 15 is 0 Å². The Morgan fingerprint density at radius 2 is 2.04 bits per heavy atom. The monoisotopic (exact) mass is 319 g/mol. The van der Waals surface area contributed by atoms with Crippen LogP contribution in [0.4, 0.5) is 5.69 Å². The van der Waals surface area contributed by atoms with Gasteiger partial charge in [-0.25, -0.2) is 9.97 Å². The molecule has 0 saturated carbocycles. The lowest BCUT2D eigenvalue weighted by Crippen LogP contribution is -2.17. The molecule has 0 fully saturated rings. The van der Waals surface area contributed by atoms with E-state index in [1.54, 1.807) is 25.6 Å². The molecule has 0 saturated heterocycles. The number of hydrogen-bond acceptors (Lipinski definition) is 5. The number of anilines is 1. The number of nitriles is 1. The van der Waals surface area contributed by atoms with Crippen LogP contribution in [0.1, 0.15) is 23.1 Å². The minimum atomic E-state index is -0.212. The number of aromatic nitrogens is 3. The molecular formula is C18H17N5O. The SMILES string of the molecule is COc1ccccc1C(Nc1ccc(C#N)nc1)c1nccn1C. The molecule has 120 valence electrons. The van der Waals surface area contributed by atoms with Crippen LogP contribution < -0.4 is 10.1 Å². The van der Waals surface area contributed by atoms with Gasteiger partial charge in [-0.1, -0.05) is 18.2 Å². The summed E-state index contributed by atoms with van der Waals surface area (Å²) in [5.41, 5.74) is 2.15. The molecule has 0 amide bonds. The van der Waals surface area contributed by atoms with Gasteiger partial charge >= 0.3 is 0 Å².